The molecule has 0 rings (SSSR count). The van der Waals surface area contributed by atoms with Crippen LogP contribution in [-0.4, -0.2) is 39.6 Å². The van der Waals surface area contributed by atoms with Crippen LogP contribution in [0.25, 0.3) is 0 Å². The second-order valence-corrected chi connectivity index (χ2v) is 0.500. The third kappa shape index (κ3) is 1140000. The van der Waals surface area contributed by atoms with Crippen LogP contribution in [-0.2, 0) is 17.1 Å². The van der Waals surface area contributed by atoms with Crippen LogP contribution in [0.3, 0.4) is 0 Å². The van der Waals surface area contributed by atoms with Gasteiger partial charge in [-0.2, -0.15) is 0 Å². The summed E-state index contributed by atoms with van der Waals surface area (Å²) >= 11 is 0. The van der Waals surface area contributed by atoms with Gasteiger partial charge in [0.15, 0.2) is 0 Å². The average Bonchev–Trinajstić information content (AvgIpc) is 1.25. The average molecular weight is 382 g/mol. The molecule has 0 aromatic carbocycles. The fourth-order valence-electron chi connectivity index (χ4n) is 0. The molecule has 0 unspecified atom stereocenters. The molecule has 0 aliphatic heterocycles. The van der Waals surface area contributed by atoms with E-state index in [-0.39, 0.29) is 44.4 Å². The first-order chi connectivity index (χ1) is 3.46. The van der Waals surface area contributed by atoms with Crippen molar-refractivity contribution in [3.63, 3.8) is 0 Å². The minimum Gasteiger partial charge on any atom is -0.652 e. The number of carbonyl (C=O) groups is 2. The summed E-state index contributed by atoms with van der Waals surface area (Å²) in [5.41, 5.74) is 0. The van der Waals surface area contributed by atoms with Gasteiger partial charge >= 0.3 is 44.4 Å². The summed E-state index contributed by atoms with van der Waals surface area (Å²) in [7, 11) is 0. The predicted molar refractivity (Wildman–Crippen MR) is 16.5 cm³/mol. The molecule has 0 heterocycles. The molecule has 0 saturated heterocycles. The van der Waals surface area contributed by atoms with Crippen molar-refractivity contribution in [3.8, 4) is 0 Å². The maximum absolute atomic E-state index is 8.33. The van der Waals surface area contributed by atoms with E-state index in [1.165, 1.54) is 0 Å². The molecule has 6 nitrogen and oxygen atoms in total. The molecule has 0 aliphatic carbocycles. The molecule has 0 bridgehead atoms. The summed E-state index contributed by atoms with van der Waals surface area (Å²) in [4.78, 5) is 16.7. The molecule has 0 saturated carbocycles. The Morgan fingerprint density at radius 2 is 0.800 bits per heavy atom. The first kappa shape index (κ1) is 22.5. The van der Waals surface area contributed by atoms with E-state index in [4.69, 9.17) is 30.0 Å². The van der Waals surface area contributed by atoms with Crippen molar-refractivity contribution >= 4 is 39.6 Å². The Bertz CT molecular complexity index is 73.7. The van der Waals surface area contributed by atoms with Gasteiger partial charge in [-0.3, -0.25) is 0 Å². The van der Waals surface area contributed by atoms with Crippen LogP contribution in [0.5, 0.6) is 0 Å². The molecular formula is C2MnO6Pb. The largest absolute Gasteiger partial charge is 2.00 e. The monoisotopic (exact) mass is 383 g/mol. The van der Waals surface area contributed by atoms with Crippen LogP contribution in [0.1, 0.15) is 0 Å². The van der Waals surface area contributed by atoms with Gasteiger partial charge in [-0.25, -0.2) is 0 Å². The van der Waals surface area contributed by atoms with Crippen LogP contribution in [0.4, 0.5) is 9.59 Å². The van der Waals surface area contributed by atoms with Gasteiger partial charge in [-0.1, -0.05) is 0 Å². The molecule has 0 N–H and O–H groups in total. The molecule has 8 heteroatoms. The number of hydrogen-bond donors (Lipinski definition) is 0. The SMILES string of the molecule is O=C([O-])[O-].O=C([O-])[O-].[Mn+2].[Pb+2]. The summed E-state index contributed by atoms with van der Waals surface area (Å²) in [6.45, 7) is 0. The molecule has 0 aromatic heterocycles. The molecule has 0 atom stereocenters. The van der Waals surface area contributed by atoms with E-state index in [1.807, 2.05) is 0 Å². The normalized spacial score (nSPS) is 4.80. The minimum atomic E-state index is -2.33. The van der Waals surface area contributed by atoms with Gasteiger partial charge in [0.05, 0.1) is 0 Å². The van der Waals surface area contributed by atoms with Gasteiger partial charge in [0.25, 0.3) is 0 Å². The van der Waals surface area contributed by atoms with Crippen molar-refractivity contribution in [3.05, 3.63) is 0 Å². The molecule has 0 aromatic rings. The molecule has 0 aliphatic rings. The molecule has 55 valence electrons. The molecule has 0 fully saturated rings. The fraction of sp³-hybridized carbons (Fsp3) is 0. The smallest absolute Gasteiger partial charge is 0.652 e. The van der Waals surface area contributed by atoms with Gasteiger partial charge in [-0.05, 0) is 12.3 Å². The van der Waals surface area contributed by atoms with E-state index in [9.17, 15) is 0 Å². The maximum Gasteiger partial charge on any atom is 2.00 e. The molecule has 0 amide bonds. The summed E-state index contributed by atoms with van der Waals surface area (Å²) in [6, 6.07) is 0. The zero-order valence-electron chi connectivity index (χ0n) is 4.33. The van der Waals surface area contributed by atoms with Gasteiger partial charge in [0.1, 0.15) is 0 Å². The van der Waals surface area contributed by atoms with E-state index in [0.29, 0.717) is 0 Å². The Kier molecular flexibility index (Phi) is 36.0. The summed E-state index contributed by atoms with van der Waals surface area (Å²) < 4.78 is 0. The Hall–Kier alpha value is -0.0184. The second kappa shape index (κ2) is 16.0. The van der Waals surface area contributed by atoms with E-state index in [2.05, 4.69) is 0 Å². The van der Waals surface area contributed by atoms with Crippen molar-refractivity contribution in [2.24, 2.45) is 0 Å². The molecule has 0 spiro atoms. The van der Waals surface area contributed by atoms with Crippen LogP contribution in [0, 0.1) is 0 Å². The third-order valence-corrected chi connectivity index (χ3v) is 0. The first-order valence-electron chi connectivity index (χ1n) is 1.22. The van der Waals surface area contributed by atoms with E-state index in [0.717, 1.165) is 0 Å². The van der Waals surface area contributed by atoms with Gasteiger partial charge in [0.2, 0.25) is 0 Å². The van der Waals surface area contributed by atoms with Crippen LogP contribution >= 0.6 is 0 Å². The molecule has 10 heavy (non-hydrogen) atoms. The van der Waals surface area contributed by atoms with E-state index < -0.39 is 12.3 Å². The van der Waals surface area contributed by atoms with Crippen molar-refractivity contribution in [2.75, 3.05) is 0 Å². The van der Waals surface area contributed by atoms with Crippen LogP contribution in [0.2, 0.25) is 0 Å². The Labute approximate surface area is 86.5 Å². The summed E-state index contributed by atoms with van der Waals surface area (Å²) in [5.74, 6) is 0. The summed E-state index contributed by atoms with van der Waals surface area (Å²) in [5, 5.41) is 33.3. The number of hydrogen-bond acceptors (Lipinski definition) is 6. The topological polar surface area (TPSA) is 126 Å². The Morgan fingerprint density at radius 1 is 0.800 bits per heavy atom. The summed E-state index contributed by atoms with van der Waals surface area (Å²) in [6.07, 6.45) is -4.67. The van der Waals surface area contributed by atoms with Crippen molar-refractivity contribution in [1.29, 1.82) is 0 Å². The number of carbonyl (C=O) groups excluding carboxylic acids is 2. The standard InChI is InChI=1S/2CH2O3.Mn.Pb/c2*2-1(3)4;;/h2*(H2,2,3,4);;/q;;2*+2/p-4. The van der Waals surface area contributed by atoms with Gasteiger partial charge in [0, 0.05) is 0 Å². The van der Waals surface area contributed by atoms with Gasteiger partial charge in [-0.15, -0.1) is 0 Å². The molecule has 3 radical (unpaired) electrons. The quantitative estimate of drug-likeness (QED) is 0.385. The zero-order chi connectivity index (χ0) is 7.15. The predicted octanol–water partition coefficient (Wildman–Crippen LogP) is -5.28. The van der Waals surface area contributed by atoms with Crippen LogP contribution < -0.4 is 20.4 Å². The maximum atomic E-state index is 8.33. The van der Waals surface area contributed by atoms with Crippen molar-refractivity contribution in [2.45, 2.75) is 0 Å². The van der Waals surface area contributed by atoms with E-state index >= 15 is 0 Å². The second-order valence-electron chi connectivity index (χ2n) is 0.500. The fourth-order valence-corrected chi connectivity index (χ4v) is 0. The number of carboxylic acid groups (broad SMARTS) is 4. The Morgan fingerprint density at radius 3 is 0.800 bits per heavy atom. The minimum absolute atomic E-state index is 0. The zero-order valence-corrected chi connectivity index (χ0v) is 9.40. The first-order valence-corrected chi connectivity index (χ1v) is 1.22. The third-order valence-electron chi connectivity index (χ3n) is 0. The van der Waals surface area contributed by atoms with Gasteiger partial charge < -0.3 is 30.0 Å². The molecular weight excluding hydrogens is 382 g/mol. The number of rotatable bonds is 0. The van der Waals surface area contributed by atoms with E-state index in [1.54, 1.807) is 0 Å². The van der Waals surface area contributed by atoms with Crippen LogP contribution in [0.15, 0.2) is 0 Å². The van der Waals surface area contributed by atoms with Crippen molar-refractivity contribution in [1.82, 2.24) is 0 Å². The Balaban J connectivity index is -0.0000000300. The van der Waals surface area contributed by atoms with Crippen molar-refractivity contribution < 1.29 is 47.1 Å².